The number of imide groups is 1. The Kier molecular flexibility index (Phi) is 6.11. The number of ether oxygens (including phenoxy) is 1. The molecule has 1 fully saturated rings. The van der Waals surface area contributed by atoms with Crippen molar-refractivity contribution in [3.63, 3.8) is 0 Å². The first-order chi connectivity index (χ1) is 15.7. The highest BCUT2D eigenvalue weighted by molar-refractivity contribution is 7.17. The molecule has 1 saturated heterocycles. The number of urea groups is 1. The van der Waals surface area contributed by atoms with Crippen molar-refractivity contribution >= 4 is 40.1 Å². The van der Waals surface area contributed by atoms with E-state index in [0.29, 0.717) is 16.3 Å². The summed E-state index contributed by atoms with van der Waals surface area (Å²) in [6.45, 7) is 1.16. The lowest BCUT2D eigenvalue weighted by Crippen LogP contribution is -2.46. The minimum atomic E-state index is -1.22. The summed E-state index contributed by atoms with van der Waals surface area (Å²) in [6, 6.07) is 6.60. The van der Waals surface area contributed by atoms with E-state index in [1.165, 1.54) is 18.4 Å². The lowest BCUT2D eigenvalue weighted by atomic mass is 9.92. The number of rotatable bonds is 7. The van der Waals surface area contributed by atoms with Gasteiger partial charge in [0.2, 0.25) is 5.91 Å². The van der Waals surface area contributed by atoms with Crippen LogP contribution in [0.15, 0.2) is 24.3 Å². The first-order valence-corrected chi connectivity index (χ1v) is 11.6. The number of nitrogens with one attached hydrogen (secondary N) is 2. The van der Waals surface area contributed by atoms with Crippen molar-refractivity contribution in [2.45, 2.75) is 44.6 Å². The number of carbonyl (C=O) groups excluding carboxylic acids is 4. The molecule has 0 saturated carbocycles. The third kappa shape index (κ3) is 4.30. The largest absolute Gasteiger partial charge is 0.496 e. The van der Waals surface area contributed by atoms with E-state index in [9.17, 15) is 19.2 Å². The number of benzene rings is 1. The maximum atomic E-state index is 13.1. The zero-order valence-electron chi connectivity index (χ0n) is 18.5. The van der Waals surface area contributed by atoms with E-state index >= 15 is 0 Å². The minimum Gasteiger partial charge on any atom is -0.496 e. The number of para-hydroxylation sites is 1. The van der Waals surface area contributed by atoms with Crippen molar-refractivity contribution in [1.29, 1.82) is 0 Å². The van der Waals surface area contributed by atoms with Crippen LogP contribution in [0.4, 0.5) is 9.80 Å². The number of amides is 5. The van der Waals surface area contributed by atoms with Crippen LogP contribution in [-0.2, 0) is 28.9 Å². The number of carbonyl (C=O) groups is 4. The van der Waals surface area contributed by atoms with E-state index < -0.39 is 35.8 Å². The predicted molar refractivity (Wildman–Crippen MR) is 123 cm³/mol. The van der Waals surface area contributed by atoms with E-state index in [4.69, 9.17) is 10.5 Å². The van der Waals surface area contributed by atoms with Gasteiger partial charge in [0.15, 0.2) is 0 Å². The van der Waals surface area contributed by atoms with Gasteiger partial charge in [-0.1, -0.05) is 18.2 Å². The number of hydrogen-bond acceptors (Lipinski definition) is 6. The third-order valence-corrected chi connectivity index (χ3v) is 7.26. The van der Waals surface area contributed by atoms with E-state index in [1.54, 1.807) is 13.0 Å². The lowest BCUT2D eigenvalue weighted by molar-refractivity contribution is -0.133. The second-order valence-corrected chi connectivity index (χ2v) is 9.57. The standard InChI is InChI=1S/C23H26N4O5S/c1-23(11-13-7-3-5-9-15(13)32-2)21(30)27(22(31)26-23)12-17(28)25-20-18(19(24)29)14-8-4-6-10-16(14)33-20/h3,5,7,9H,4,6,8,10-12H2,1-2H3,(H2,24,29)(H,25,28)(H,26,31). The molecule has 4 N–H and O–H groups in total. The molecule has 10 heteroatoms. The van der Waals surface area contributed by atoms with E-state index in [1.807, 2.05) is 18.2 Å². The summed E-state index contributed by atoms with van der Waals surface area (Å²) in [7, 11) is 1.54. The van der Waals surface area contributed by atoms with Gasteiger partial charge in [-0.3, -0.25) is 19.3 Å². The molecule has 33 heavy (non-hydrogen) atoms. The summed E-state index contributed by atoms with van der Waals surface area (Å²) >= 11 is 1.33. The van der Waals surface area contributed by atoms with Gasteiger partial charge in [0.05, 0.1) is 12.7 Å². The summed E-state index contributed by atoms with van der Waals surface area (Å²) in [5, 5.41) is 5.77. The summed E-state index contributed by atoms with van der Waals surface area (Å²) in [5.74, 6) is -1.06. The molecule has 2 aromatic rings. The molecule has 0 radical (unpaired) electrons. The molecular formula is C23H26N4O5S. The molecule has 1 aromatic carbocycles. The molecule has 1 aromatic heterocycles. The minimum absolute atomic E-state index is 0.211. The maximum absolute atomic E-state index is 13.1. The van der Waals surface area contributed by atoms with Crippen LogP contribution in [0.5, 0.6) is 5.75 Å². The highest BCUT2D eigenvalue weighted by atomic mass is 32.1. The molecule has 1 atom stereocenters. The predicted octanol–water partition coefficient (Wildman–Crippen LogP) is 2.23. The molecule has 1 unspecified atom stereocenters. The average Bonchev–Trinajstić information content (AvgIpc) is 3.23. The molecule has 0 spiro atoms. The topological polar surface area (TPSA) is 131 Å². The Morgan fingerprint density at radius 2 is 1.97 bits per heavy atom. The van der Waals surface area contributed by atoms with Crippen LogP contribution in [0.1, 0.15) is 46.1 Å². The normalized spacial score (nSPS) is 19.8. The first-order valence-electron chi connectivity index (χ1n) is 10.7. The first kappa shape index (κ1) is 22.8. The van der Waals surface area contributed by atoms with Crippen LogP contribution in [0.3, 0.4) is 0 Å². The molecule has 174 valence electrons. The van der Waals surface area contributed by atoms with Gasteiger partial charge in [0.1, 0.15) is 22.8 Å². The van der Waals surface area contributed by atoms with E-state index in [2.05, 4.69) is 10.6 Å². The Bertz CT molecular complexity index is 1140. The molecule has 9 nitrogen and oxygen atoms in total. The van der Waals surface area contributed by atoms with E-state index in [-0.39, 0.29) is 6.42 Å². The van der Waals surface area contributed by atoms with Crippen LogP contribution in [-0.4, -0.2) is 47.8 Å². The molecular weight excluding hydrogens is 444 g/mol. The smallest absolute Gasteiger partial charge is 0.325 e. The third-order valence-electron chi connectivity index (χ3n) is 6.05. The maximum Gasteiger partial charge on any atom is 0.325 e. The second-order valence-electron chi connectivity index (χ2n) is 8.47. The van der Waals surface area contributed by atoms with Gasteiger partial charge in [-0.15, -0.1) is 11.3 Å². The molecule has 2 aliphatic rings. The number of thiophene rings is 1. The number of anilines is 1. The quantitative estimate of drug-likeness (QED) is 0.534. The highest BCUT2D eigenvalue weighted by Crippen LogP contribution is 2.38. The molecule has 5 amide bonds. The average molecular weight is 471 g/mol. The van der Waals surface area contributed by atoms with Crippen molar-refractivity contribution in [3.05, 3.63) is 45.8 Å². The van der Waals surface area contributed by atoms with Crippen molar-refractivity contribution in [2.24, 2.45) is 5.73 Å². The number of hydrogen-bond donors (Lipinski definition) is 3. The zero-order valence-corrected chi connectivity index (χ0v) is 19.3. The SMILES string of the molecule is COc1ccccc1CC1(C)NC(=O)N(CC(=O)Nc2sc3c(c2C(N)=O)CCCC3)C1=O. The van der Waals surface area contributed by atoms with Gasteiger partial charge < -0.3 is 21.1 Å². The summed E-state index contributed by atoms with van der Waals surface area (Å²) in [5.41, 5.74) is 6.35. The molecule has 0 bridgehead atoms. The van der Waals surface area contributed by atoms with Gasteiger partial charge in [-0.25, -0.2) is 4.79 Å². The van der Waals surface area contributed by atoms with Crippen LogP contribution in [0, 0.1) is 0 Å². The van der Waals surface area contributed by atoms with Gasteiger partial charge in [-0.05, 0) is 49.8 Å². The monoisotopic (exact) mass is 470 g/mol. The molecule has 4 rings (SSSR count). The molecule has 1 aliphatic carbocycles. The lowest BCUT2D eigenvalue weighted by Gasteiger charge is -2.22. The summed E-state index contributed by atoms with van der Waals surface area (Å²) < 4.78 is 5.35. The van der Waals surface area contributed by atoms with Crippen molar-refractivity contribution in [1.82, 2.24) is 10.2 Å². The highest BCUT2D eigenvalue weighted by Gasteiger charge is 2.48. The fourth-order valence-corrected chi connectivity index (χ4v) is 5.78. The number of fused-ring (bicyclic) bond motifs is 1. The van der Waals surface area contributed by atoms with Crippen molar-refractivity contribution < 1.29 is 23.9 Å². The fraction of sp³-hybridized carbons (Fsp3) is 0.391. The van der Waals surface area contributed by atoms with Crippen LogP contribution in [0.2, 0.25) is 0 Å². The molecule has 1 aliphatic heterocycles. The van der Waals surface area contributed by atoms with Gasteiger partial charge in [0.25, 0.3) is 11.8 Å². The summed E-state index contributed by atoms with van der Waals surface area (Å²) in [6.07, 6.45) is 3.78. The Morgan fingerprint density at radius 1 is 1.24 bits per heavy atom. The summed E-state index contributed by atoms with van der Waals surface area (Å²) in [4.78, 5) is 52.4. The van der Waals surface area contributed by atoms with Gasteiger partial charge in [-0.2, -0.15) is 0 Å². The Labute approximate surface area is 195 Å². The van der Waals surface area contributed by atoms with Gasteiger partial charge in [0, 0.05) is 11.3 Å². The Morgan fingerprint density at radius 3 is 2.70 bits per heavy atom. The van der Waals surface area contributed by atoms with Crippen LogP contribution in [0.25, 0.3) is 0 Å². The zero-order chi connectivity index (χ0) is 23.8. The van der Waals surface area contributed by atoms with Gasteiger partial charge >= 0.3 is 6.03 Å². The molecule has 2 heterocycles. The van der Waals surface area contributed by atoms with Crippen molar-refractivity contribution in [3.8, 4) is 5.75 Å². The number of aryl methyl sites for hydroxylation is 1. The van der Waals surface area contributed by atoms with E-state index in [0.717, 1.165) is 46.6 Å². The second kappa shape index (κ2) is 8.86. The Hall–Kier alpha value is -3.40. The number of nitrogens with zero attached hydrogens (tertiary/aromatic N) is 1. The number of nitrogens with two attached hydrogens (primary N) is 1. The fourth-order valence-electron chi connectivity index (χ4n) is 4.46. The number of methoxy groups -OCH3 is 1. The Balaban J connectivity index is 1.49. The van der Waals surface area contributed by atoms with Crippen LogP contribution < -0.4 is 21.1 Å². The van der Waals surface area contributed by atoms with Crippen molar-refractivity contribution in [2.75, 3.05) is 19.0 Å². The van der Waals surface area contributed by atoms with Crippen LogP contribution >= 0.6 is 11.3 Å². The number of primary amides is 1.